The van der Waals surface area contributed by atoms with Crippen LogP contribution in [0.4, 0.5) is 14.5 Å². The topological polar surface area (TPSA) is 29.1 Å². The predicted octanol–water partition coefficient (Wildman–Crippen LogP) is 3.51. The molecule has 0 atom stereocenters. The van der Waals surface area contributed by atoms with Crippen LogP contribution >= 0.6 is 0 Å². The molecule has 1 aliphatic carbocycles. The molecule has 1 N–H and O–H groups in total. The van der Waals surface area contributed by atoms with Crippen LogP contribution in [0.25, 0.3) is 0 Å². The second kappa shape index (κ2) is 4.04. The van der Waals surface area contributed by atoms with Gasteiger partial charge in [-0.15, -0.1) is 0 Å². The maximum atomic E-state index is 13.7. The number of anilines is 1. The monoisotopic (exact) mass is 251 g/mol. The molecule has 1 heterocycles. The third-order valence-electron chi connectivity index (χ3n) is 4.20. The van der Waals surface area contributed by atoms with Gasteiger partial charge in [-0.2, -0.15) is 0 Å². The van der Waals surface area contributed by atoms with Crippen LogP contribution in [0.3, 0.4) is 0 Å². The van der Waals surface area contributed by atoms with Crippen LogP contribution in [-0.4, -0.2) is 5.91 Å². The van der Waals surface area contributed by atoms with Crippen LogP contribution in [-0.2, 0) is 10.2 Å². The van der Waals surface area contributed by atoms with Crippen molar-refractivity contribution >= 4 is 11.6 Å². The van der Waals surface area contributed by atoms with Crippen molar-refractivity contribution in [3.8, 4) is 0 Å². The van der Waals surface area contributed by atoms with Crippen molar-refractivity contribution in [3.05, 3.63) is 29.3 Å². The molecule has 2 aliphatic rings. The summed E-state index contributed by atoms with van der Waals surface area (Å²) in [6.07, 6.45) is 5.42. The molecule has 1 fully saturated rings. The van der Waals surface area contributed by atoms with Gasteiger partial charge in [-0.25, -0.2) is 8.78 Å². The van der Waals surface area contributed by atoms with Gasteiger partial charge in [0.05, 0.1) is 11.1 Å². The number of nitrogens with one attached hydrogen (secondary N) is 1. The number of hydrogen-bond acceptors (Lipinski definition) is 1. The molecule has 1 amide bonds. The van der Waals surface area contributed by atoms with E-state index in [1.165, 1.54) is 6.07 Å². The first-order valence-electron chi connectivity index (χ1n) is 6.44. The molecular weight excluding hydrogens is 236 g/mol. The molecule has 1 spiro atoms. The SMILES string of the molecule is O=C1Nc2c(F)cc(F)cc2C12CCCCCC2. The van der Waals surface area contributed by atoms with Crippen molar-refractivity contribution in [3.63, 3.8) is 0 Å². The van der Waals surface area contributed by atoms with Gasteiger partial charge in [0.15, 0.2) is 0 Å². The zero-order valence-electron chi connectivity index (χ0n) is 10.1. The number of carbonyl (C=O) groups is 1. The number of hydrogen-bond donors (Lipinski definition) is 1. The van der Waals surface area contributed by atoms with Gasteiger partial charge in [-0.05, 0) is 24.5 Å². The number of benzene rings is 1. The molecule has 1 saturated carbocycles. The van der Waals surface area contributed by atoms with E-state index in [1.807, 2.05) is 0 Å². The van der Waals surface area contributed by atoms with E-state index in [0.29, 0.717) is 18.4 Å². The summed E-state index contributed by atoms with van der Waals surface area (Å²) in [5.74, 6) is -1.44. The van der Waals surface area contributed by atoms with Crippen molar-refractivity contribution in [1.82, 2.24) is 0 Å². The summed E-state index contributed by atoms with van der Waals surface area (Å²) in [5, 5.41) is 2.60. The van der Waals surface area contributed by atoms with Gasteiger partial charge >= 0.3 is 0 Å². The van der Waals surface area contributed by atoms with Gasteiger partial charge < -0.3 is 5.32 Å². The minimum atomic E-state index is -0.700. The van der Waals surface area contributed by atoms with E-state index in [0.717, 1.165) is 31.7 Å². The summed E-state index contributed by atoms with van der Waals surface area (Å²) in [7, 11) is 0. The Morgan fingerprint density at radius 3 is 2.39 bits per heavy atom. The molecule has 4 heteroatoms. The highest BCUT2D eigenvalue weighted by Gasteiger charge is 2.47. The number of halogens is 2. The molecule has 2 nitrogen and oxygen atoms in total. The Morgan fingerprint density at radius 2 is 1.72 bits per heavy atom. The van der Waals surface area contributed by atoms with Crippen LogP contribution in [0.15, 0.2) is 12.1 Å². The Bertz CT molecular complexity index is 505. The molecule has 3 rings (SSSR count). The molecule has 0 aromatic heterocycles. The summed E-state index contributed by atoms with van der Waals surface area (Å²) < 4.78 is 27.1. The quantitative estimate of drug-likeness (QED) is 0.751. The van der Waals surface area contributed by atoms with E-state index >= 15 is 0 Å². The lowest BCUT2D eigenvalue weighted by atomic mass is 9.75. The predicted molar refractivity (Wildman–Crippen MR) is 64.4 cm³/mol. The Kier molecular flexibility index (Phi) is 2.61. The smallest absolute Gasteiger partial charge is 0.235 e. The highest BCUT2D eigenvalue weighted by atomic mass is 19.1. The largest absolute Gasteiger partial charge is 0.323 e. The molecule has 18 heavy (non-hydrogen) atoms. The number of fused-ring (bicyclic) bond motifs is 2. The highest BCUT2D eigenvalue weighted by molar-refractivity contribution is 6.06. The first-order chi connectivity index (χ1) is 8.63. The van der Waals surface area contributed by atoms with E-state index in [-0.39, 0.29) is 11.6 Å². The van der Waals surface area contributed by atoms with Crippen LogP contribution < -0.4 is 5.32 Å². The summed E-state index contributed by atoms with van der Waals surface area (Å²) in [6.45, 7) is 0. The van der Waals surface area contributed by atoms with Gasteiger partial charge in [0.25, 0.3) is 0 Å². The molecule has 0 radical (unpaired) electrons. The highest BCUT2D eigenvalue weighted by Crippen LogP contribution is 2.47. The van der Waals surface area contributed by atoms with Gasteiger partial charge in [0, 0.05) is 6.07 Å². The first-order valence-corrected chi connectivity index (χ1v) is 6.44. The van der Waals surface area contributed by atoms with Crippen molar-refractivity contribution in [2.45, 2.75) is 43.9 Å². The van der Waals surface area contributed by atoms with Crippen LogP contribution in [0.1, 0.15) is 44.1 Å². The molecule has 0 bridgehead atoms. The number of rotatable bonds is 0. The molecule has 1 aromatic carbocycles. The van der Waals surface area contributed by atoms with Crippen molar-refractivity contribution in [2.24, 2.45) is 0 Å². The lowest BCUT2D eigenvalue weighted by molar-refractivity contribution is -0.121. The van der Waals surface area contributed by atoms with Crippen LogP contribution in [0.5, 0.6) is 0 Å². The minimum absolute atomic E-state index is 0.163. The molecular formula is C14H15F2NO. The molecule has 96 valence electrons. The van der Waals surface area contributed by atoms with E-state index in [2.05, 4.69) is 5.32 Å². The fourth-order valence-electron chi connectivity index (χ4n) is 3.26. The Labute approximate surface area is 104 Å². The third kappa shape index (κ3) is 1.55. The lowest BCUT2D eigenvalue weighted by Crippen LogP contribution is -2.33. The fourth-order valence-corrected chi connectivity index (χ4v) is 3.26. The summed E-state index contributed by atoms with van der Waals surface area (Å²) in [4.78, 5) is 12.2. The maximum Gasteiger partial charge on any atom is 0.235 e. The van der Waals surface area contributed by atoms with Crippen molar-refractivity contribution < 1.29 is 13.6 Å². The zero-order valence-corrected chi connectivity index (χ0v) is 10.1. The second-order valence-electron chi connectivity index (χ2n) is 5.26. The van der Waals surface area contributed by atoms with E-state index < -0.39 is 17.0 Å². The Hall–Kier alpha value is -1.45. The Morgan fingerprint density at radius 1 is 1.06 bits per heavy atom. The van der Waals surface area contributed by atoms with E-state index in [4.69, 9.17) is 0 Å². The average molecular weight is 251 g/mol. The van der Waals surface area contributed by atoms with Gasteiger partial charge in [0.1, 0.15) is 11.6 Å². The first kappa shape index (κ1) is 11.6. The zero-order chi connectivity index (χ0) is 12.8. The van der Waals surface area contributed by atoms with Gasteiger partial charge in [-0.1, -0.05) is 25.7 Å². The molecule has 1 aliphatic heterocycles. The second-order valence-corrected chi connectivity index (χ2v) is 5.26. The number of carbonyl (C=O) groups excluding carboxylic acids is 1. The lowest BCUT2D eigenvalue weighted by Gasteiger charge is -2.25. The van der Waals surface area contributed by atoms with Crippen LogP contribution in [0, 0.1) is 11.6 Å². The minimum Gasteiger partial charge on any atom is -0.323 e. The Balaban J connectivity index is 2.15. The molecule has 0 unspecified atom stereocenters. The summed E-state index contributed by atoms with van der Waals surface area (Å²) in [6, 6.07) is 2.15. The average Bonchev–Trinajstić information content (AvgIpc) is 2.53. The maximum absolute atomic E-state index is 13.7. The van der Waals surface area contributed by atoms with Crippen molar-refractivity contribution in [1.29, 1.82) is 0 Å². The van der Waals surface area contributed by atoms with Crippen LogP contribution in [0.2, 0.25) is 0 Å². The van der Waals surface area contributed by atoms with Gasteiger partial charge in [-0.3, -0.25) is 4.79 Å². The summed E-state index contributed by atoms with van der Waals surface area (Å²) >= 11 is 0. The fraction of sp³-hybridized carbons (Fsp3) is 0.500. The molecule has 0 saturated heterocycles. The standard InChI is InChI=1S/C14H15F2NO/c15-9-7-10-12(11(16)8-9)17-13(18)14(10)5-3-1-2-4-6-14/h7-8H,1-6H2,(H,17,18). The third-order valence-corrected chi connectivity index (χ3v) is 4.20. The van der Waals surface area contributed by atoms with E-state index in [9.17, 15) is 13.6 Å². The molecule has 1 aromatic rings. The van der Waals surface area contributed by atoms with Crippen molar-refractivity contribution in [2.75, 3.05) is 5.32 Å². The number of amides is 1. The summed E-state index contributed by atoms with van der Waals surface area (Å²) in [5.41, 5.74) is 0.00426. The van der Waals surface area contributed by atoms with Gasteiger partial charge in [0.2, 0.25) is 5.91 Å². The van der Waals surface area contributed by atoms with E-state index in [1.54, 1.807) is 0 Å². The normalized spacial score (nSPS) is 21.6.